The van der Waals surface area contributed by atoms with Crippen LogP contribution in [-0.2, 0) is 17.0 Å². The van der Waals surface area contributed by atoms with E-state index in [2.05, 4.69) is 33.1 Å². The molecule has 0 saturated carbocycles. The fraction of sp³-hybridized carbons (Fsp3) is 0.368. The summed E-state index contributed by atoms with van der Waals surface area (Å²) in [6.45, 7) is 3.69. The molecule has 2 aromatic heterocycles. The minimum atomic E-state index is -0.213. The number of benzene rings is 1. The lowest BCUT2D eigenvalue weighted by molar-refractivity contribution is 0.0953. The highest BCUT2D eigenvalue weighted by atomic mass is 32.2. The molecule has 4 nitrogen and oxygen atoms in total. The summed E-state index contributed by atoms with van der Waals surface area (Å²) in [7, 11) is 0. The molecule has 1 atom stereocenters. The highest BCUT2D eigenvalue weighted by molar-refractivity contribution is 7.98. The van der Waals surface area contributed by atoms with Gasteiger partial charge in [0.15, 0.2) is 11.0 Å². The number of halogens is 1. The zero-order chi connectivity index (χ0) is 17.9. The Bertz CT molecular complexity index is 869. The van der Waals surface area contributed by atoms with E-state index in [0.717, 1.165) is 53.9 Å². The molecule has 0 aliphatic carbocycles. The van der Waals surface area contributed by atoms with Crippen molar-refractivity contribution in [1.82, 2.24) is 14.8 Å². The summed E-state index contributed by atoms with van der Waals surface area (Å²) in [6.07, 6.45) is 2.40. The summed E-state index contributed by atoms with van der Waals surface area (Å²) >= 11 is 3.34. The molecule has 3 aromatic rings. The van der Waals surface area contributed by atoms with Gasteiger partial charge in [0.1, 0.15) is 5.82 Å². The molecule has 26 heavy (non-hydrogen) atoms. The number of ether oxygens (including phenoxy) is 1. The molecule has 1 fully saturated rings. The summed E-state index contributed by atoms with van der Waals surface area (Å²) in [5.74, 6) is 1.41. The molecule has 1 aliphatic heterocycles. The van der Waals surface area contributed by atoms with E-state index in [-0.39, 0.29) is 11.9 Å². The fourth-order valence-electron chi connectivity index (χ4n) is 3.05. The van der Waals surface area contributed by atoms with Gasteiger partial charge >= 0.3 is 0 Å². The van der Waals surface area contributed by atoms with Gasteiger partial charge in [0.2, 0.25) is 0 Å². The van der Waals surface area contributed by atoms with E-state index in [1.165, 1.54) is 17.0 Å². The average Bonchev–Trinajstić information content (AvgIpc) is 3.37. The van der Waals surface area contributed by atoms with Crippen LogP contribution in [0.4, 0.5) is 4.39 Å². The van der Waals surface area contributed by atoms with Gasteiger partial charge < -0.3 is 4.74 Å². The number of rotatable bonds is 6. The van der Waals surface area contributed by atoms with Crippen LogP contribution in [0.15, 0.2) is 40.9 Å². The maximum Gasteiger partial charge on any atom is 0.191 e. The Balaban J connectivity index is 1.58. The first-order chi connectivity index (χ1) is 12.7. The van der Waals surface area contributed by atoms with Gasteiger partial charge in [0.05, 0.1) is 12.6 Å². The summed E-state index contributed by atoms with van der Waals surface area (Å²) in [5.41, 5.74) is 2.17. The second-order valence-electron chi connectivity index (χ2n) is 6.41. The first kappa shape index (κ1) is 17.7. The van der Waals surface area contributed by atoms with Crippen LogP contribution >= 0.6 is 23.1 Å². The average molecular weight is 390 g/mol. The molecule has 3 heterocycles. The minimum Gasteiger partial charge on any atom is -0.376 e. The number of thioether (sulfide) groups is 1. The minimum absolute atomic E-state index is 0.213. The fourth-order valence-corrected chi connectivity index (χ4v) is 4.64. The van der Waals surface area contributed by atoms with Crippen LogP contribution in [0.1, 0.15) is 23.3 Å². The third-order valence-electron chi connectivity index (χ3n) is 4.40. The van der Waals surface area contributed by atoms with E-state index < -0.39 is 0 Å². The Labute approximate surface area is 160 Å². The molecule has 1 saturated heterocycles. The van der Waals surface area contributed by atoms with Crippen LogP contribution in [0.2, 0.25) is 0 Å². The van der Waals surface area contributed by atoms with Crippen molar-refractivity contribution in [1.29, 1.82) is 0 Å². The van der Waals surface area contributed by atoms with E-state index in [9.17, 15) is 4.39 Å². The van der Waals surface area contributed by atoms with Crippen LogP contribution < -0.4 is 0 Å². The maximum absolute atomic E-state index is 13.1. The van der Waals surface area contributed by atoms with Gasteiger partial charge in [-0.3, -0.25) is 4.57 Å². The Morgan fingerprint density at radius 3 is 2.85 bits per heavy atom. The standard InChI is InChI=1S/C19H20FN3OS2/c1-13-9-15(12-25-13)18-21-22-19(23(18)10-17-3-2-8-24-17)26-11-14-4-6-16(20)7-5-14/h4-7,9,12,17H,2-3,8,10-11H2,1H3/t17-/m0/s1. The molecule has 4 rings (SSSR count). The molecular weight excluding hydrogens is 369 g/mol. The van der Waals surface area contributed by atoms with Crippen molar-refractivity contribution in [3.05, 3.63) is 52.0 Å². The van der Waals surface area contributed by atoms with E-state index in [4.69, 9.17) is 4.74 Å². The number of nitrogens with zero attached hydrogens (tertiary/aromatic N) is 3. The van der Waals surface area contributed by atoms with Crippen LogP contribution in [0.25, 0.3) is 11.4 Å². The van der Waals surface area contributed by atoms with Gasteiger partial charge in [-0.1, -0.05) is 23.9 Å². The number of hydrogen-bond acceptors (Lipinski definition) is 5. The summed E-state index contributed by atoms with van der Waals surface area (Å²) in [5, 5.41) is 11.9. The zero-order valence-electron chi connectivity index (χ0n) is 14.5. The maximum atomic E-state index is 13.1. The SMILES string of the molecule is Cc1cc(-c2nnc(SCc3ccc(F)cc3)n2C[C@@H]2CCCO2)cs1. The van der Waals surface area contributed by atoms with E-state index >= 15 is 0 Å². The number of aryl methyl sites for hydroxylation is 1. The largest absolute Gasteiger partial charge is 0.376 e. The monoisotopic (exact) mass is 389 g/mol. The van der Waals surface area contributed by atoms with Crippen LogP contribution in [0, 0.1) is 12.7 Å². The van der Waals surface area contributed by atoms with Crippen LogP contribution in [0.5, 0.6) is 0 Å². The third-order valence-corrected chi connectivity index (χ3v) is 6.30. The van der Waals surface area contributed by atoms with Gasteiger partial charge in [0, 0.05) is 28.2 Å². The Kier molecular flexibility index (Phi) is 5.38. The van der Waals surface area contributed by atoms with Crippen LogP contribution in [0.3, 0.4) is 0 Å². The first-order valence-electron chi connectivity index (χ1n) is 8.66. The van der Waals surface area contributed by atoms with Crippen molar-refractivity contribution in [2.45, 2.75) is 43.3 Å². The second kappa shape index (κ2) is 7.90. The molecule has 0 unspecified atom stereocenters. The normalized spacial score (nSPS) is 17.1. The Morgan fingerprint density at radius 2 is 2.15 bits per heavy atom. The topological polar surface area (TPSA) is 39.9 Å². The lowest BCUT2D eigenvalue weighted by Gasteiger charge is -2.14. The predicted octanol–water partition coefficient (Wildman–Crippen LogP) is 4.93. The molecule has 0 amide bonds. The van der Waals surface area contributed by atoms with Gasteiger partial charge in [-0.2, -0.15) is 0 Å². The molecule has 1 aliphatic rings. The summed E-state index contributed by atoms with van der Waals surface area (Å²) in [4.78, 5) is 1.26. The molecular formula is C19H20FN3OS2. The van der Waals surface area contributed by atoms with Crippen LogP contribution in [-0.4, -0.2) is 27.5 Å². The molecule has 0 N–H and O–H groups in total. The highest BCUT2D eigenvalue weighted by Crippen LogP contribution is 2.30. The van der Waals surface area contributed by atoms with E-state index in [1.54, 1.807) is 23.1 Å². The lowest BCUT2D eigenvalue weighted by Crippen LogP contribution is -2.16. The number of thiophene rings is 1. The zero-order valence-corrected chi connectivity index (χ0v) is 16.2. The Hall–Kier alpha value is -1.70. The van der Waals surface area contributed by atoms with Gasteiger partial charge in [0.25, 0.3) is 0 Å². The Morgan fingerprint density at radius 1 is 1.31 bits per heavy atom. The van der Waals surface area contributed by atoms with Crippen molar-refractivity contribution in [3.8, 4) is 11.4 Å². The molecule has 0 radical (unpaired) electrons. The summed E-state index contributed by atoms with van der Waals surface area (Å²) in [6, 6.07) is 8.76. The van der Waals surface area contributed by atoms with Crippen molar-refractivity contribution in [3.63, 3.8) is 0 Å². The lowest BCUT2D eigenvalue weighted by atomic mass is 10.2. The predicted molar refractivity (Wildman–Crippen MR) is 103 cm³/mol. The van der Waals surface area contributed by atoms with Crippen molar-refractivity contribution < 1.29 is 9.13 Å². The summed E-state index contributed by atoms with van der Waals surface area (Å²) < 4.78 is 21.1. The third kappa shape index (κ3) is 4.00. The number of hydrogen-bond donors (Lipinski definition) is 0. The van der Waals surface area contributed by atoms with Crippen molar-refractivity contribution in [2.75, 3.05) is 6.61 Å². The molecule has 1 aromatic carbocycles. The van der Waals surface area contributed by atoms with Gasteiger partial charge in [-0.15, -0.1) is 21.5 Å². The molecule has 7 heteroatoms. The smallest absolute Gasteiger partial charge is 0.191 e. The van der Waals surface area contributed by atoms with Gasteiger partial charge in [-0.05, 0) is 43.5 Å². The number of aromatic nitrogens is 3. The van der Waals surface area contributed by atoms with Crippen molar-refractivity contribution >= 4 is 23.1 Å². The molecule has 0 spiro atoms. The molecule has 0 bridgehead atoms. The van der Waals surface area contributed by atoms with Gasteiger partial charge in [-0.25, -0.2) is 4.39 Å². The molecule has 136 valence electrons. The highest BCUT2D eigenvalue weighted by Gasteiger charge is 2.22. The van der Waals surface area contributed by atoms with Crippen molar-refractivity contribution in [2.24, 2.45) is 0 Å². The van der Waals surface area contributed by atoms with E-state index in [1.807, 2.05) is 12.1 Å². The van der Waals surface area contributed by atoms with E-state index in [0.29, 0.717) is 0 Å². The second-order valence-corrected chi connectivity index (χ2v) is 8.47. The quantitative estimate of drug-likeness (QED) is 0.561. The first-order valence-corrected chi connectivity index (χ1v) is 10.5.